The van der Waals surface area contributed by atoms with Crippen LogP contribution in [0.5, 0.6) is 5.75 Å². The topological polar surface area (TPSA) is 59.0 Å². The highest BCUT2D eigenvalue weighted by atomic mass is 16.5. The number of aromatic amines is 1. The zero-order valence-corrected chi connectivity index (χ0v) is 16.2. The van der Waals surface area contributed by atoms with E-state index in [2.05, 4.69) is 45.5 Å². The molecule has 6 nitrogen and oxygen atoms in total. The molecule has 0 spiro atoms. The fourth-order valence-corrected chi connectivity index (χ4v) is 3.97. The van der Waals surface area contributed by atoms with Gasteiger partial charge in [0.05, 0.1) is 25.2 Å². The van der Waals surface area contributed by atoms with Crippen molar-refractivity contribution < 1.29 is 4.74 Å². The van der Waals surface area contributed by atoms with Gasteiger partial charge < -0.3 is 14.3 Å². The molecule has 0 bridgehead atoms. The Morgan fingerprint density at radius 1 is 1.30 bits per heavy atom. The zero-order valence-electron chi connectivity index (χ0n) is 16.2. The fourth-order valence-electron chi connectivity index (χ4n) is 3.97. The summed E-state index contributed by atoms with van der Waals surface area (Å²) in [7, 11) is 1.71. The summed E-state index contributed by atoms with van der Waals surface area (Å²) in [5.74, 6) is 2.53. The summed E-state index contributed by atoms with van der Waals surface area (Å²) in [6, 6.07) is 8.38. The number of nitrogens with zero attached hydrogens (tertiary/aromatic N) is 4. The molecule has 0 amide bonds. The summed E-state index contributed by atoms with van der Waals surface area (Å²) in [6.45, 7) is 7.38. The second-order valence-electron chi connectivity index (χ2n) is 7.26. The van der Waals surface area contributed by atoms with Crippen molar-refractivity contribution >= 4 is 0 Å². The van der Waals surface area contributed by atoms with E-state index in [1.807, 2.05) is 24.4 Å². The van der Waals surface area contributed by atoms with Crippen LogP contribution in [-0.2, 0) is 13.1 Å². The second kappa shape index (κ2) is 7.56. The van der Waals surface area contributed by atoms with Crippen LogP contribution in [0, 0.1) is 5.92 Å². The van der Waals surface area contributed by atoms with Crippen LogP contribution in [0.1, 0.15) is 37.8 Å². The summed E-state index contributed by atoms with van der Waals surface area (Å²) < 4.78 is 7.87. The van der Waals surface area contributed by atoms with Crippen LogP contribution in [0.25, 0.3) is 11.3 Å². The van der Waals surface area contributed by atoms with E-state index in [1.165, 1.54) is 0 Å². The van der Waals surface area contributed by atoms with Gasteiger partial charge in [-0.25, -0.2) is 9.97 Å². The number of benzene rings is 1. The Balaban J connectivity index is 1.71. The third kappa shape index (κ3) is 3.37. The summed E-state index contributed by atoms with van der Waals surface area (Å²) in [5, 5.41) is 0. The largest absolute Gasteiger partial charge is 0.496 e. The molecule has 1 N–H and O–H groups in total. The number of aromatic nitrogens is 4. The van der Waals surface area contributed by atoms with Gasteiger partial charge in [-0.2, -0.15) is 0 Å². The number of imidazole rings is 2. The first-order chi connectivity index (χ1) is 13.2. The van der Waals surface area contributed by atoms with E-state index < -0.39 is 0 Å². The summed E-state index contributed by atoms with van der Waals surface area (Å²) in [5.41, 5.74) is 3.18. The Morgan fingerprint density at radius 3 is 2.89 bits per heavy atom. The van der Waals surface area contributed by atoms with E-state index >= 15 is 0 Å². The molecule has 1 unspecified atom stereocenters. The average Bonchev–Trinajstić information content (AvgIpc) is 3.36. The van der Waals surface area contributed by atoms with Crippen molar-refractivity contribution in [3.05, 3.63) is 54.5 Å². The van der Waals surface area contributed by atoms with E-state index in [1.54, 1.807) is 13.4 Å². The molecule has 27 heavy (non-hydrogen) atoms. The average molecular weight is 365 g/mol. The van der Waals surface area contributed by atoms with Crippen LogP contribution in [0.2, 0.25) is 0 Å². The molecule has 3 aromatic rings. The monoisotopic (exact) mass is 365 g/mol. The van der Waals surface area contributed by atoms with Gasteiger partial charge in [-0.05, 0) is 18.1 Å². The SMILES string of the molecule is CCC(C)[C@H]1c2nc(-c3ccccc3OC)cn2CCN1Cc1cnc[nH]1. The predicted molar refractivity (Wildman–Crippen MR) is 105 cm³/mol. The van der Waals surface area contributed by atoms with Crippen LogP contribution in [0.3, 0.4) is 0 Å². The van der Waals surface area contributed by atoms with Gasteiger partial charge in [-0.3, -0.25) is 4.90 Å². The van der Waals surface area contributed by atoms with E-state index in [4.69, 9.17) is 9.72 Å². The molecule has 0 aliphatic carbocycles. The van der Waals surface area contributed by atoms with Crippen molar-refractivity contribution in [2.75, 3.05) is 13.7 Å². The van der Waals surface area contributed by atoms with Gasteiger partial charge in [-0.1, -0.05) is 32.4 Å². The highest BCUT2D eigenvalue weighted by Crippen LogP contribution is 2.37. The van der Waals surface area contributed by atoms with Crippen LogP contribution in [0.15, 0.2) is 43.0 Å². The maximum atomic E-state index is 5.55. The van der Waals surface area contributed by atoms with Gasteiger partial charge in [0.2, 0.25) is 0 Å². The molecule has 1 aliphatic rings. The normalized spacial score (nSPS) is 18.3. The number of para-hydroxylation sites is 1. The predicted octanol–water partition coefficient (Wildman–Crippen LogP) is 3.88. The van der Waals surface area contributed by atoms with Gasteiger partial charge in [0, 0.05) is 43.3 Å². The first-order valence-corrected chi connectivity index (χ1v) is 9.63. The van der Waals surface area contributed by atoms with Crippen molar-refractivity contribution in [3.8, 4) is 17.0 Å². The van der Waals surface area contributed by atoms with Crippen molar-refractivity contribution in [2.24, 2.45) is 5.92 Å². The molecule has 0 radical (unpaired) electrons. The van der Waals surface area contributed by atoms with Crippen molar-refractivity contribution in [1.82, 2.24) is 24.4 Å². The number of hydrogen-bond donors (Lipinski definition) is 1. The number of rotatable bonds is 6. The van der Waals surface area contributed by atoms with Gasteiger partial charge in [-0.15, -0.1) is 0 Å². The van der Waals surface area contributed by atoms with Crippen molar-refractivity contribution in [1.29, 1.82) is 0 Å². The number of nitrogens with one attached hydrogen (secondary N) is 1. The second-order valence-corrected chi connectivity index (χ2v) is 7.26. The molecular weight excluding hydrogens is 338 g/mol. The molecular formula is C21H27N5O. The van der Waals surface area contributed by atoms with Gasteiger partial charge in [0.25, 0.3) is 0 Å². The Labute approximate surface area is 160 Å². The molecule has 6 heteroatoms. The van der Waals surface area contributed by atoms with Crippen molar-refractivity contribution in [2.45, 2.75) is 39.4 Å². The van der Waals surface area contributed by atoms with Crippen LogP contribution in [-0.4, -0.2) is 38.1 Å². The standard InChI is InChI=1S/C21H27N5O/c1-4-15(2)20-21-24-18(17-7-5-6-8-19(17)27-3)13-26(21)10-9-25(20)12-16-11-22-14-23-16/h5-8,11,13-15,20H,4,9-10,12H2,1-3H3,(H,22,23)/t15?,20-/m0/s1. The summed E-state index contributed by atoms with van der Waals surface area (Å²) in [6.07, 6.45) is 6.95. The molecule has 0 saturated heterocycles. The third-order valence-electron chi connectivity index (χ3n) is 5.59. The lowest BCUT2D eigenvalue weighted by Gasteiger charge is -2.38. The van der Waals surface area contributed by atoms with Crippen LogP contribution < -0.4 is 4.74 Å². The minimum atomic E-state index is 0.288. The third-order valence-corrected chi connectivity index (χ3v) is 5.59. The molecule has 2 aromatic heterocycles. The Kier molecular flexibility index (Phi) is 4.99. The maximum absolute atomic E-state index is 5.55. The summed E-state index contributed by atoms with van der Waals surface area (Å²) >= 11 is 0. The lowest BCUT2D eigenvalue weighted by molar-refractivity contribution is 0.0980. The van der Waals surface area contributed by atoms with E-state index in [0.29, 0.717) is 5.92 Å². The first-order valence-electron chi connectivity index (χ1n) is 9.63. The minimum Gasteiger partial charge on any atom is -0.496 e. The molecule has 4 rings (SSSR count). The molecule has 2 atom stereocenters. The number of hydrogen-bond acceptors (Lipinski definition) is 4. The van der Waals surface area contributed by atoms with Crippen molar-refractivity contribution in [3.63, 3.8) is 0 Å². The van der Waals surface area contributed by atoms with Crippen LogP contribution >= 0.6 is 0 Å². The van der Waals surface area contributed by atoms with E-state index in [0.717, 1.165) is 54.6 Å². The summed E-state index contributed by atoms with van der Waals surface area (Å²) in [4.78, 5) is 15.0. The van der Waals surface area contributed by atoms with Gasteiger partial charge in [0.15, 0.2) is 0 Å². The Morgan fingerprint density at radius 2 is 2.15 bits per heavy atom. The van der Waals surface area contributed by atoms with Gasteiger partial charge >= 0.3 is 0 Å². The highest BCUT2D eigenvalue weighted by Gasteiger charge is 2.33. The minimum absolute atomic E-state index is 0.288. The molecule has 1 aliphatic heterocycles. The number of fused-ring (bicyclic) bond motifs is 1. The molecule has 0 saturated carbocycles. The van der Waals surface area contributed by atoms with E-state index in [-0.39, 0.29) is 6.04 Å². The smallest absolute Gasteiger partial charge is 0.128 e. The number of ether oxygens (including phenoxy) is 1. The molecule has 142 valence electrons. The quantitative estimate of drug-likeness (QED) is 0.720. The highest BCUT2D eigenvalue weighted by molar-refractivity contribution is 5.66. The zero-order chi connectivity index (χ0) is 18.8. The van der Waals surface area contributed by atoms with Crippen LogP contribution in [0.4, 0.5) is 0 Å². The Hall–Kier alpha value is -2.60. The maximum Gasteiger partial charge on any atom is 0.128 e. The Bertz CT molecular complexity index is 886. The van der Waals surface area contributed by atoms with E-state index in [9.17, 15) is 0 Å². The molecule has 1 aromatic carbocycles. The lowest BCUT2D eigenvalue weighted by Crippen LogP contribution is -2.40. The fraction of sp³-hybridized carbons (Fsp3) is 0.429. The first kappa shape index (κ1) is 17.8. The molecule has 0 fully saturated rings. The molecule has 3 heterocycles. The number of methoxy groups -OCH3 is 1. The number of H-pyrrole nitrogens is 1. The van der Waals surface area contributed by atoms with Gasteiger partial charge in [0.1, 0.15) is 11.6 Å². The lowest BCUT2D eigenvalue weighted by atomic mass is 9.95.